The molecular weight excluding hydrogens is 611 g/mol. The van der Waals surface area contributed by atoms with E-state index in [0.717, 1.165) is 11.2 Å². The number of sulfone groups is 1. The van der Waals surface area contributed by atoms with Crippen LogP contribution >= 0.6 is 0 Å². The third-order valence-electron chi connectivity index (χ3n) is 7.86. The highest BCUT2D eigenvalue weighted by atomic mass is 32.2. The average Bonchev–Trinajstić information content (AvgIpc) is 3.36. The number of halogens is 3. The molecule has 1 aliphatic heterocycles. The van der Waals surface area contributed by atoms with E-state index in [2.05, 4.69) is 5.32 Å². The number of rotatable bonds is 9. The van der Waals surface area contributed by atoms with E-state index in [1.54, 1.807) is 38.1 Å². The number of carbonyl (C=O) groups excluding carboxylic acids is 2. The number of nitrogens with one attached hydrogen (secondary N) is 1. The lowest BCUT2D eigenvalue weighted by Gasteiger charge is -2.29. The second-order valence-corrected chi connectivity index (χ2v) is 13.8. The lowest BCUT2D eigenvalue weighted by atomic mass is 9.94. The highest BCUT2D eigenvalue weighted by molar-refractivity contribution is 7.90. The van der Waals surface area contributed by atoms with E-state index >= 15 is 0 Å². The smallest absolute Gasteiger partial charge is 0.407 e. The van der Waals surface area contributed by atoms with Gasteiger partial charge in [0.25, 0.3) is 0 Å². The molecule has 1 saturated heterocycles. The highest BCUT2D eigenvalue weighted by Crippen LogP contribution is 2.35. The fraction of sp³-hybridized carbons (Fsp3) is 0.406. The normalized spacial score (nSPS) is 17.6. The predicted octanol–water partition coefficient (Wildman–Crippen LogP) is 5.93. The van der Waals surface area contributed by atoms with Crippen LogP contribution in [0.4, 0.5) is 18.0 Å². The van der Waals surface area contributed by atoms with E-state index in [1.165, 1.54) is 47.2 Å². The molecule has 2 aromatic carbocycles. The highest BCUT2D eigenvalue weighted by Gasteiger charge is 2.43. The molecular formula is C32H36F3N3O6S. The molecule has 0 saturated carbocycles. The number of hydrogen-bond donors (Lipinski definition) is 2. The molecule has 0 spiro atoms. The van der Waals surface area contributed by atoms with E-state index in [1.807, 2.05) is 0 Å². The fourth-order valence-electron chi connectivity index (χ4n) is 5.60. The number of carbonyl (C=O) groups is 3. The second-order valence-electron chi connectivity index (χ2n) is 11.7. The average molecular weight is 648 g/mol. The number of benzene rings is 2. The summed E-state index contributed by atoms with van der Waals surface area (Å²) in [4.78, 5) is 39.5. The Morgan fingerprint density at radius 3 is 2.16 bits per heavy atom. The summed E-state index contributed by atoms with van der Waals surface area (Å²) in [5.74, 6) is -1.95. The van der Waals surface area contributed by atoms with Gasteiger partial charge in [0.2, 0.25) is 5.91 Å². The number of hydrogen-bond acceptors (Lipinski definition) is 6. The Hall–Kier alpha value is -3.97. The molecule has 1 fully saturated rings. The van der Waals surface area contributed by atoms with Crippen molar-refractivity contribution >= 4 is 27.6 Å². The summed E-state index contributed by atoms with van der Waals surface area (Å²) in [6.45, 7) is 3.42. The standard InChI is InChI=1S/C32H36F3N3O6S/c1-20(2)18-26(30(40)38-17-5-7-27(38)25-6-4-16-37(31(41)42)19-28(25)39)36-29(32(33,34)35)23-10-8-21(9-11-23)22-12-14-24(15-13-22)45(3,43)44/h5,7-15,17,20,25-26,29,36H,4,6,16,18-19H2,1-3H3,(H,41,42)/t25?,26-,29-/m0/s1. The Kier molecular flexibility index (Phi) is 10.2. The van der Waals surface area contributed by atoms with E-state index < -0.39 is 46.0 Å². The van der Waals surface area contributed by atoms with E-state index in [4.69, 9.17) is 0 Å². The van der Waals surface area contributed by atoms with Crippen molar-refractivity contribution in [3.63, 3.8) is 0 Å². The van der Waals surface area contributed by atoms with Crippen LogP contribution in [0.2, 0.25) is 0 Å². The fourth-order valence-corrected chi connectivity index (χ4v) is 6.23. The molecule has 13 heteroatoms. The summed E-state index contributed by atoms with van der Waals surface area (Å²) in [5.41, 5.74) is 1.42. The van der Waals surface area contributed by atoms with Crippen molar-refractivity contribution in [3.8, 4) is 11.1 Å². The molecule has 1 aliphatic rings. The number of likely N-dealkylation sites (tertiary alicyclic amines) is 1. The van der Waals surface area contributed by atoms with Crippen LogP contribution in [0.15, 0.2) is 71.8 Å². The largest absolute Gasteiger partial charge is 0.465 e. The number of aromatic nitrogens is 1. The third kappa shape index (κ3) is 8.20. The topological polar surface area (TPSA) is 126 Å². The zero-order valence-electron chi connectivity index (χ0n) is 25.1. The first-order valence-corrected chi connectivity index (χ1v) is 16.4. The molecule has 242 valence electrons. The minimum absolute atomic E-state index is 0.0825. The van der Waals surface area contributed by atoms with Crippen molar-refractivity contribution in [1.29, 1.82) is 0 Å². The number of ketones is 1. The van der Waals surface area contributed by atoms with Gasteiger partial charge >= 0.3 is 12.3 Å². The zero-order valence-corrected chi connectivity index (χ0v) is 25.9. The van der Waals surface area contributed by atoms with Crippen molar-refractivity contribution in [2.75, 3.05) is 19.3 Å². The summed E-state index contributed by atoms with van der Waals surface area (Å²) >= 11 is 0. The van der Waals surface area contributed by atoms with Gasteiger partial charge in [-0.25, -0.2) is 13.2 Å². The van der Waals surface area contributed by atoms with E-state index in [9.17, 15) is 41.1 Å². The van der Waals surface area contributed by atoms with Crippen LogP contribution in [-0.2, 0) is 14.6 Å². The van der Waals surface area contributed by atoms with Crippen molar-refractivity contribution < 1.29 is 41.1 Å². The molecule has 4 rings (SSSR count). The Morgan fingerprint density at radius 1 is 1.02 bits per heavy atom. The monoisotopic (exact) mass is 647 g/mol. The summed E-state index contributed by atoms with van der Waals surface area (Å²) in [6.07, 6.45) is -2.69. The van der Waals surface area contributed by atoms with Crippen molar-refractivity contribution in [3.05, 3.63) is 78.1 Å². The maximum atomic E-state index is 14.5. The Balaban J connectivity index is 1.61. The Morgan fingerprint density at radius 2 is 1.62 bits per heavy atom. The molecule has 1 unspecified atom stereocenters. The number of Topliss-reactive ketones (excluding diaryl/α,β-unsaturated/α-hetero) is 1. The van der Waals surface area contributed by atoms with Crippen LogP contribution in [-0.4, -0.2) is 72.3 Å². The molecule has 0 bridgehead atoms. The lowest BCUT2D eigenvalue weighted by Crippen LogP contribution is -2.47. The number of alkyl halides is 3. The molecule has 2 N–H and O–H groups in total. The summed E-state index contributed by atoms with van der Waals surface area (Å²) < 4.78 is 68.3. The minimum atomic E-state index is -4.76. The summed E-state index contributed by atoms with van der Waals surface area (Å²) in [6, 6.07) is 11.4. The van der Waals surface area contributed by atoms with Crippen molar-refractivity contribution in [1.82, 2.24) is 14.8 Å². The molecule has 9 nitrogen and oxygen atoms in total. The molecule has 2 heterocycles. The van der Waals surface area contributed by atoms with E-state index in [-0.39, 0.29) is 41.7 Å². The zero-order chi connectivity index (χ0) is 33.1. The van der Waals surface area contributed by atoms with Crippen LogP contribution in [0.3, 0.4) is 0 Å². The van der Waals surface area contributed by atoms with Gasteiger partial charge < -0.3 is 10.0 Å². The van der Waals surface area contributed by atoms with E-state index in [0.29, 0.717) is 29.7 Å². The molecule has 45 heavy (non-hydrogen) atoms. The molecule has 1 amide bonds. The van der Waals surface area contributed by atoms with Gasteiger partial charge in [0.15, 0.2) is 15.6 Å². The molecule has 1 aromatic heterocycles. The first-order chi connectivity index (χ1) is 21.1. The molecule has 0 radical (unpaired) electrons. The van der Waals surface area contributed by atoms with Crippen LogP contribution in [0, 0.1) is 5.92 Å². The van der Waals surface area contributed by atoms with Gasteiger partial charge in [-0.05, 0) is 66.1 Å². The van der Waals surface area contributed by atoms with Crippen molar-refractivity contribution in [2.24, 2.45) is 5.92 Å². The van der Waals surface area contributed by atoms with Gasteiger partial charge in [0.05, 0.1) is 23.4 Å². The summed E-state index contributed by atoms with van der Waals surface area (Å²) in [7, 11) is -3.40. The van der Waals surface area contributed by atoms with Gasteiger partial charge in [-0.2, -0.15) is 13.2 Å². The molecule has 0 aliphatic carbocycles. The maximum Gasteiger partial charge on any atom is 0.407 e. The Labute approximate surface area is 260 Å². The maximum absolute atomic E-state index is 14.5. The lowest BCUT2D eigenvalue weighted by molar-refractivity contribution is -0.159. The van der Waals surface area contributed by atoms with Gasteiger partial charge in [-0.3, -0.25) is 19.5 Å². The van der Waals surface area contributed by atoms with Gasteiger partial charge in [0.1, 0.15) is 6.04 Å². The van der Waals surface area contributed by atoms with Crippen LogP contribution in [0.1, 0.15) is 61.1 Å². The number of amides is 1. The van der Waals surface area contributed by atoms with Crippen molar-refractivity contribution in [2.45, 2.75) is 62.2 Å². The number of carboxylic acid groups (broad SMARTS) is 1. The predicted molar refractivity (Wildman–Crippen MR) is 162 cm³/mol. The second kappa shape index (κ2) is 13.6. The Bertz CT molecular complexity index is 1630. The SMILES string of the molecule is CC(C)C[C@H](N[C@@H](c1ccc(-c2ccc(S(C)(=O)=O)cc2)cc1)C(F)(F)F)C(=O)n1cccc1C1CCCN(C(=O)O)CC1=O. The summed E-state index contributed by atoms with van der Waals surface area (Å²) in [5, 5.41) is 11.9. The van der Waals surface area contributed by atoms with Crippen LogP contribution < -0.4 is 5.32 Å². The molecule has 3 aromatic rings. The van der Waals surface area contributed by atoms with Crippen LogP contribution in [0.25, 0.3) is 11.1 Å². The molecule has 3 atom stereocenters. The van der Waals surface area contributed by atoms with Crippen LogP contribution in [0.5, 0.6) is 0 Å². The minimum Gasteiger partial charge on any atom is -0.465 e. The first-order valence-electron chi connectivity index (χ1n) is 14.5. The van der Waals surface area contributed by atoms with Gasteiger partial charge in [-0.15, -0.1) is 0 Å². The van der Waals surface area contributed by atoms with Gasteiger partial charge in [0, 0.05) is 24.7 Å². The first kappa shape index (κ1) is 33.9. The number of nitrogens with zero attached hydrogens (tertiary/aromatic N) is 2. The quantitative estimate of drug-likeness (QED) is 0.295. The third-order valence-corrected chi connectivity index (χ3v) is 8.99. The van der Waals surface area contributed by atoms with Gasteiger partial charge in [-0.1, -0.05) is 50.2 Å².